The molecule has 0 atom stereocenters. The summed E-state index contributed by atoms with van der Waals surface area (Å²) in [5.41, 5.74) is 0.817. The summed E-state index contributed by atoms with van der Waals surface area (Å²) >= 11 is 3.27. The van der Waals surface area contributed by atoms with Crippen molar-refractivity contribution in [3.63, 3.8) is 0 Å². The van der Waals surface area contributed by atoms with Crippen molar-refractivity contribution in [3.05, 3.63) is 52.3 Å². The Balaban J connectivity index is 2.08. The van der Waals surface area contributed by atoms with E-state index in [2.05, 4.69) is 32.7 Å². The average molecular weight is 361 g/mol. The molecule has 0 amide bonds. The summed E-state index contributed by atoms with van der Waals surface area (Å²) in [4.78, 5) is 0. The topological polar surface area (TPSA) is 17.0 Å². The molecule has 21 heavy (non-hydrogen) atoms. The van der Waals surface area contributed by atoms with Crippen LogP contribution in [0.2, 0.25) is 0 Å². The van der Waals surface area contributed by atoms with Crippen LogP contribution in [0.4, 0.5) is 18.9 Å². The molecule has 0 spiro atoms. The lowest BCUT2D eigenvalue weighted by Gasteiger charge is -2.12. The molecule has 114 valence electrons. The number of hydrogen-bond acceptors (Lipinski definition) is 1. The Bertz CT molecular complexity index is 605. The van der Waals surface area contributed by atoms with E-state index in [1.54, 1.807) is 0 Å². The van der Waals surface area contributed by atoms with E-state index in [4.69, 9.17) is 0 Å². The number of aryl methyl sites for hydroxylation is 1. The molecule has 0 saturated carbocycles. The van der Waals surface area contributed by atoms with Crippen LogP contribution in [-0.2, 0) is 19.3 Å². The summed E-state index contributed by atoms with van der Waals surface area (Å²) < 4.78 is 40.8. The minimum Gasteiger partial charge on any atom is -0.380 e. The van der Waals surface area contributed by atoms with E-state index in [9.17, 15) is 13.2 Å². The van der Waals surface area contributed by atoms with Gasteiger partial charge in [0.15, 0.2) is 0 Å². The van der Waals surface area contributed by atoms with Gasteiger partial charge in [-0.3, -0.25) is 0 Å². The smallest absolute Gasteiger partial charge is 0.380 e. The van der Waals surface area contributed by atoms with Gasteiger partial charge in [-0.15, -0.1) is 0 Å². The predicted molar refractivity (Wildman–Crippen MR) is 81.2 cm³/mol. The van der Waals surface area contributed by atoms with Crippen molar-refractivity contribution in [3.8, 4) is 0 Å². The second-order valence-electron chi connectivity index (χ2n) is 4.80. The third kappa shape index (κ3) is 4.27. The highest BCUT2D eigenvalue weighted by Crippen LogP contribution is 2.34. The van der Waals surface area contributed by atoms with Gasteiger partial charge in [0.2, 0.25) is 0 Å². The van der Waals surface area contributed by atoms with Crippen molar-refractivity contribution >= 4 is 21.6 Å². The number of nitrogens with one attached hydrogen (secondary N) is 1. The van der Waals surface area contributed by atoms with E-state index in [0.29, 0.717) is 16.7 Å². The number of rotatable bonds is 5. The molecule has 1 aromatic carbocycles. The van der Waals surface area contributed by atoms with Crippen LogP contribution < -0.4 is 5.32 Å². The fourth-order valence-electron chi connectivity index (χ4n) is 2.03. The van der Waals surface area contributed by atoms with Crippen molar-refractivity contribution < 1.29 is 13.2 Å². The molecule has 0 bridgehead atoms. The molecule has 1 aromatic heterocycles. The zero-order valence-electron chi connectivity index (χ0n) is 11.5. The average Bonchev–Trinajstić information content (AvgIpc) is 2.84. The normalized spacial score (nSPS) is 11.7. The zero-order chi connectivity index (χ0) is 15.5. The van der Waals surface area contributed by atoms with E-state index < -0.39 is 11.7 Å². The molecule has 0 unspecified atom stereocenters. The quantitative estimate of drug-likeness (QED) is 0.766. The third-order valence-corrected chi connectivity index (χ3v) is 3.76. The second kappa shape index (κ2) is 6.56. The van der Waals surface area contributed by atoms with Crippen molar-refractivity contribution in [2.24, 2.45) is 0 Å². The number of aromatic nitrogens is 1. The number of nitrogens with zero attached hydrogens (tertiary/aromatic N) is 1. The first kappa shape index (κ1) is 15.9. The Hall–Kier alpha value is -1.43. The fraction of sp³-hybridized carbons (Fsp3) is 0.333. The molecule has 1 N–H and O–H groups in total. The number of anilines is 1. The molecule has 0 aliphatic carbocycles. The van der Waals surface area contributed by atoms with Gasteiger partial charge < -0.3 is 9.88 Å². The van der Waals surface area contributed by atoms with Gasteiger partial charge in [0.25, 0.3) is 0 Å². The summed E-state index contributed by atoms with van der Waals surface area (Å²) in [6.45, 7) is 3.52. The summed E-state index contributed by atoms with van der Waals surface area (Å²) in [6, 6.07) is 5.55. The molecular formula is C15H16BrF3N2. The molecule has 1 heterocycles. The number of hydrogen-bond donors (Lipinski definition) is 1. The highest BCUT2D eigenvalue weighted by molar-refractivity contribution is 9.10. The third-order valence-electron chi connectivity index (χ3n) is 3.07. The van der Waals surface area contributed by atoms with Crippen LogP contribution in [0, 0.1) is 0 Å². The van der Waals surface area contributed by atoms with Crippen molar-refractivity contribution in [1.82, 2.24) is 4.57 Å². The Labute approximate surface area is 130 Å². The van der Waals surface area contributed by atoms with Crippen LogP contribution in [0.3, 0.4) is 0 Å². The maximum absolute atomic E-state index is 12.7. The maximum atomic E-state index is 12.7. The summed E-state index contributed by atoms with van der Waals surface area (Å²) in [7, 11) is 0. The monoisotopic (exact) mass is 360 g/mol. The van der Waals surface area contributed by atoms with Crippen LogP contribution in [0.15, 0.2) is 41.1 Å². The molecule has 0 radical (unpaired) electrons. The molecule has 0 aliphatic rings. The van der Waals surface area contributed by atoms with Gasteiger partial charge in [-0.25, -0.2) is 0 Å². The predicted octanol–water partition coefficient (Wildman–Crippen LogP) is 5.29. The molecule has 2 rings (SSSR count). The summed E-state index contributed by atoms with van der Waals surface area (Å²) in [6.07, 6.45) is 0.683. The van der Waals surface area contributed by atoms with E-state index in [1.165, 1.54) is 6.07 Å². The SMILES string of the molecule is CCCn1ccc(CNc2cc(C(F)(F)F)ccc2Br)c1. The molecule has 6 heteroatoms. The Morgan fingerprint density at radius 2 is 2.00 bits per heavy atom. The van der Waals surface area contributed by atoms with Crippen molar-refractivity contribution in [1.29, 1.82) is 0 Å². The van der Waals surface area contributed by atoms with Gasteiger partial charge in [0.1, 0.15) is 0 Å². The highest BCUT2D eigenvalue weighted by atomic mass is 79.9. The molecule has 0 aliphatic heterocycles. The molecule has 2 aromatic rings. The van der Waals surface area contributed by atoms with E-state index >= 15 is 0 Å². The summed E-state index contributed by atoms with van der Waals surface area (Å²) in [5.74, 6) is 0. The lowest BCUT2D eigenvalue weighted by molar-refractivity contribution is -0.137. The lowest BCUT2D eigenvalue weighted by atomic mass is 10.2. The lowest BCUT2D eigenvalue weighted by Crippen LogP contribution is -2.07. The van der Waals surface area contributed by atoms with Crippen LogP contribution in [-0.4, -0.2) is 4.57 Å². The summed E-state index contributed by atoms with van der Waals surface area (Å²) in [5, 5.41) is 3.04. The van der Waals surface area contributed by atoms with Crippen molar-refractivity contribution in [2.75, 3.05) is 5.32 Å². The largest absolute Gasteiger partial charge is 0.416 e. The molecule has 0 fully saturated rings. The molecular weight excluding hydrogens is 345 g/mol. The first-order chi connectivity index (χ1) is 9.90. The van der Waals surface area contributed by atoms with Gasteiger partial charge in [-0.05, 0) is 52.2 Å². The van der Waals surface area contributed by atoms with Crippen LogP contribution >= 0.6 is 15.9 Å². The van der Waals surface area contributed by atoms with Gasteiger partial charge in [0.05, 0.1) is 5.56 Å². The van der Waals surface area contributed by atoms with Gasteiger partial charge in [-0.1, -0.05) is 6.92 Å². The van der Waals surface area contributed by atoms with E-state index in [1.807, 2.05) is 18.5 Å². The second-order valence-corrected chi connectivity index (χ2v) is 5.66. The van der Waals surface area contributed by atoms with E-state index in [-0.39, 0.29) is 0 Å². The van der Waals surface area contributed by atoms with Crippen LogP contribution in [0.25, 0.3) is 0 Å². The molecule has 2 nitrogen and oxygen atoms in total. The fourth-order valence-corrected chi connectivity index (χ4v) is 2.41. The van der Waals surface area contributed by atoms with Gasteiger partial charge >= 0.3 is 6.18 Å². The van der Waals surface area contributed by atoms with Crippen molar-refractivity contribution in [2.45, 2.75) is 32.6 Å². The van der Waals surface area contributed by atoms with Crippen LogP contribution in [0.1, 0.15) is 24.5 Å². The Morgan fingerprint density at radius 1 is 1.24 bits per heavy atom. The standard InChI is InChI=1S/C15H16BrF3N2/c1-2-6-21-7-5-11(10-21)9-20-14-8-12(15(17,18)19)3-4-13(14)16/h3-5,7-8,10,20H,2,6,9H2,1H3. The first-order valence-corrected chi connectivity index (χ1v) is 7.44. The Morgan fingerprint density at radius 3 is 2.67 bits per heavy atom. The first-order valence-electron chi connectivity index (χ1n) is 6.65. The molecule has 0 saturated heterocycles. The minimum absolute atomic E-state index is 0.438. The van der Waals surface area contributed by atoms with Gasteiger partial charge in [-0.2, -0.15) is 13.2 Å². The highest BCUT2D eigenvalue weighted by Gasteiger charge is 2.30. The number of benzene rings is 1. The minimum atomic E-state index is -4.33. The number of alkyl halides is 3. The van der Waals surface area contributed by atoms with Crippen LogP contribution in [0.5, 0.6) is 0 Å². The van der Waals surface area contributed by atoms with E-state index in [0.717, 1.165) is 30.7 Å². The maximum Gasteiger partial charge on any atom is 0.416 e. The number of halogens is 4. The Kier molecular flexibility index (Phi) is 4.98. The zero-order valence-corrected chi connectivity index (χ0v) is 13.1. The van der Waals surface area contributed by atoms with Gasteiger partial charge in [0, 0.05) is 35.6 Å².